The first-order valence-corrected chi connectivity index (χ1v) is 11.1. The Labute approximate surface area is 197 Å². The fourth-order valence-electron chi connectivity index (χ4n) is 4.32. The predicted molar refractivity (Wildman–Crippen MR) is 127 cm³/mol. The van der Waals surface area contributed by atoms with E-state index >= 15 is 0 Å². The lowest BCUT2D eigenvalue weighted by Crippen LogP contribution is -2.40. The molecule has 0 radical (unpaired) electrons. The van der Waals surface area contributed by atoms with Crippen LogP contribution in [-0.2, 0) is 14.3 Å². The Morgan fingerprint density at radius 1 is 0.853 bits per heavy atom. The molecule has 7 nitrogen and oxygen atoms in total. The van der Waals surface area contributed by atoms with Gasteiger partial charge in [0.1, 0.15) is 6.61 Å². The standard InChI is InChI=1S/C27H26N2O5/c1-17(15-24(30)29-25(26(31)32)18-9-3-2-4-10-18)28-27(33)34-16-23-21-13-7-5-11-19(21)20-12-6-8-14-22(20)23/h2-14,17,23,25H,15-16H2,1H3,(H,28,33)(H,29,30)(H,31,32)/t17-,25-/m0/s1. The van der Waals surface area contributed by atoms with E-state index in [2.05, 4.69) is 22.8 Å². The van der Waals surface area contributed by atoms with Gasteiger partial charge in [0.05, 0.1) is 0 Å². The van der Waals surface area contributed by atoms with E-state index in [4.69, 9.17) is 4.74 Å². The molecule has 174 valence electrons. The number of carboxylic acids is 1. The molecule has 1 aliphatic carbocycles. The second-order valence-electron chi connectivity index (χ2n) is 8.32. The number of benzene rings is 3. The Hall–Kier alpha value is -4.13. The summed E-state index contributed by atoms with van der Waals surface area (Å²) in [5.74, 6) is -1.70. The normalized spacial score (nSPS) is 13.8. The van der Waals surface area contributed by atoms with Gasteiger partial charge >= 0.3 is 12.1 Å². The van der Waals surface area contributed by atoms with Crippen LogP contribution in [0.1, 0.15) is 42.0 Å². The van der Waals surface area contributed by atoms with Gasteiger partial charge in [-0.05, 0) is 34.7 Å². The quantitative estimate of drug-likeness (QED) is 0.468. The van der Waals surface area contributed by atoms with E-state index in [-0.39, 0.29) is 18.9 Å². The molecule has 0 saturated carbocycles. The lowest BCUT2D eigenvalue weighted by Gasteiger charge is -2.19. The highest BCUT2D eigenvalue weighted by Crippen LogP contribution is 2.44. The van der Waals surface area contributed by atoms with Crippen molar-refractivity contribution in [1.29, 1.82) is 0 Å². The number of aliphatic carboxylic acids is 1. The molecule has 0 heterocycles. The first kappa shape index (κ1) is 23.0. The van der Waals surface area contributed by atoms with Gasteiger partial charge in [0, 0.05) is 18.4 Å². The average Bonchev–Trinajstić information content (AvgIpc) is 3.15. The summed E-state index contributed by atoms with van der Waals surface area (Å²) in [6, 6.07) is 22.9. The summed E-state index contributed by atoms with van der Waals surface area (Å²) in [4.78, 5) is 36.4. The average molecular weight is 459 g/mol. The van der Waals surface area contributed by atoms with Crippen LogP contribution in [-0.4, -0.2) is 35.7 Å². The van der Waals surface area contributed by atoms with Crippen LogP contribution < -0.4 is 10.6 Å². The minimum Gasteiger partial charge on any atom is -0.479 e. The molecule has 34 heavy (non-hydrogen) atoms. The van der Waals surface area contributed by atoms with E-state index in [0.717, 1.165) is 22.3 Å². The first-order valence-electron chi connectivity index (χ1n) is 11.1. The number of carboxylic acid groups (broad SMARTS) is 1. The molecule has 3 aromatic rings. The molecule has 2 atom stereocenters. The topological polar surface area (TPSA) is 105 Å². The maximum atomic E-state index is 12.4. The van der Waals surface area contributed by atoms with Crippen molar-refractivity contribution in [2.24, 2.45) is 0 Å². The fourth-order valence-corrected chi connectivity index (χ4v) is 4.32. The van der Waals surface area contributed by atoms with E-state index in [9.17, 15) is 19.5 Å². The van der Waals surface area contributed by atoms with Gasteiger partial charge in [-0.25, -0.2) is 9.59 Å². The van der Waals surface area contributed by atoms with Crippen LogP contribution >= 0.6 is 0 Å². The number of carbonyl (C=O) groups excluding carboxylic acids is 2. The van der Waals surface area contributed by atoms with Crippen molar-refractivity contribution >= 4 is 18.0 Å². The van der Waals surface area contributed by atoms with Crippen molar-refractivity contribution in [3.05, 3.63) is 95.6 Å². The maximum Gasteiger partial charge on any atom is 0.407 e. The second-order valence-corrected chi connectivity index (χ2v) is 8.32. The molecule has 0 saturated heterocycles. The fraction of sp³-hybridized carbons (Fsp3) is 0.222. The van der Waals surface area contributed by atoms with Crippen LogP contribution in [0.4, 0.5) is 4.79 Å². The van der Waals surface area contributed by atoms with Crippen molar-refractivity contribution in [2.75, 3.05) is 6.61 Å². The Bertz CT molecular complexity index is 1150. The molecule has 0 spiro atoms. The Morgan fingerprint density at radius 2 is 1.41 bits per heavy atom. The van der Waals surface area contributed by atoms with Gasteiger partial charge in [-0.15, -0.1) is 0 Å². The second kappa shape index (κ2) is 10.2. The summed E-state index contributed by atoms with van der Waals surface area (Å²) in [6.45, 7) is 1.84. The van der Waals surface area contributed by atoms with Gasteiger partial charge in [-0.2, -0.15) is 0 Å². The summed E-state index contributed by atoms with van der Waals surface area (Å²) in [5.41, 5.74) is 4.99. The molecule has 1 aliphatic rings. The Kier molecular flexibility index (Phi) is 6.92. The molecule has 0 unspecified atom stereocenters. The maximum absolute atomic E-state index is 12.4. The highest BCUT2D eigenvalue weighted by Gasteiger charge is 2.29. The number of ether oxygens (including phenoxy) is 1. The molecule has 2 amide bonds. The first-order chi connectivity index (χ1) is 16.4. The van der Waals surface area contributed by atoms with Crippen LogP contribution in [0.2, 0.25) is 0 Å². The summed E-state index contributed by atoms with van der Waals surface area (Å²) < 4.78 is 5.50. The van der Waals surface area contributed by atoms with Gasteiger partial charge in [0.15, 0.2) is 6.04 Å². The Balaban J connectivity index is 1.31. The molecule has 0 fully saturated rings. The zero-order valence-electron chi connectivity index (χ0n) is 18.7. The number of hydrogen-bond acceptors (Lipinski definition) is 4. The van der Waals surface area contributed by atoms with Gasteiger partial charge in [0.2, 0.25) is 5.91 Å². The minimum atomic E-state index is -1.16. The van der Waals surface area contributed by atoms with E-state index in [1.54, 1.807) is 37.3 Å². The predicted octanol–water partition coefficient (Wildman–Crippen LogP) is 4.25. The smallest absolute Gasteiger partial charge is 0.407 e. The third-order valence-corrected chi connectivity index (χ3v) is 5.88. The molecular weight excluding hydrogens is 432 g/mol. The van der Waals surface area contributed by atoms with Gasteiger partial charge in [0.25, 0.3) is 0 Å². The number of hydrogen-bond donors (Lipinski definition) is 3. The summed E-state index contributed by atoms with van der Waals surface area (Å²) in [7, 11) is 0. The van der Waals surface area contributed by atoms with Gasteiger partial charge in [-0.1, -0.05) is 78.9 Å². The van der Waals surface area contributed by atoms with E-state index in [0.29, 0.717) is 5.56 Å². The van der Waals surface area contributed by atoms with Gasteiger partial charge < -0.3 is 20.5 Å². The number of rotatable bonds is 8. The highest BCUT2D eigenvalue weighted by atomic mass is 16.5. The molecule has 0 aliphatic heterocycles. The number of carbonyl (C=O) groups is 3. The SMILES string of the molecule is C[C@@H](CC(=O)N[C@H](C(=O)O)c1ccccc1)NC(=O)OCC1c2ccccc2-c2ccccc21. The van der Waals surface area contributed by atoms with Crippen LogP contribution in [0, 0.1) is 0 Å². The molecule has 3 aromatic carbocycles. The van der Waals surface area contributed by atoms with Crippen LogP contribution in [0.25, 0.3) is 11.1 Å². The molecule has 3 N–H and O–H groups in total. The molecule has 0 bridgehead atoms. The van der Waals surface area contributed by atoms with Crippen molar-refractivity contribution < 1.29 is 24.2 Å². The van der Waals surface area contributed by atoms with Gasteiger partial charge in [-0.3, -0.25) is 4.79 Å². The number of fused-ring (bicyclic) bond motifs is 3. The minimum absolute atomic E-state index is 0.0565. The van der Waals surface area contributed by atoms with Crippen molar-refractivity contribution in [1.82, 2.24) is 10.6 Å². The molecule has 4 rings (SSSR count). The largest absolute Gasteiger partial charge is 0.479 e. The molecule has 0 aromatic heterocycles. The summed E-state index contributed by atoms with van der Waals surface area (Å²) >= 11 is 0. The van der Waals surface area contributed by atoms with Crippen LogP contribution in [0.3, 0.4) is 0 Å². The Morgan fingerprint density at radius 3 is 2.00 bits per heavy atom. The third-order valence-electron chi connectivity index (χ3n) is 5.88. The number of amides is 2. The summed E-state index contributed by atoms with van der Waals surface area (Å²) in [6.07, 6.45) is -0.708. The monoisotopic (exact) mass is 458 g/mol. The lowest BCUT2D eigenvalue weighted by atomic mass is 9.98. The third kappa shape index (κ3) is 5.09. The number of alkyl carbamates (subject to hydrolysis) is 1. The van der Waals surface area contributed by atoms with Crippen LogP contribution in [0.15, 0.2) is 78.9 Å². The van der Waals surface area contributed by atoms with Crippen LogP contribution in [0.5, 0.6) is 0 Å². The van der Waals surface area contributed by atoms with E-state index < -0.39 is 30.1 Å². The zero-order chi connectivity index (χ0) is 24.1. The molecular formula is C27H26N2O5. The zero-order valence-corrected chi connectivity index (χ0v) is 18.7. The lowest BCUT2D eigenvalue weighted by molar-refractivity contribution is -0.142. The summed E-state index contributed by atoms with van der Waals surface area (Å²) in [5, 5.41) is 14.6. The highest BCUT2D eigenvalue weighted by molar-refractivity contribution is 5.85. The van der Waals surface area contributed by atoms with E-state index in [1.807, 2.05) is 36.4 Å². The molecule has 7 heteroatoms. The van der Waals surface area contributed by atoms with E-state index in [1.165, 1.54) is 0 Å². The van der Waals surface area contributed by atoms with Crippen molar-refractivity contribution in [3.8, 4) is 11.1 Å². The van der Waals surface area contributed by atoms with Crippen molar-refractivity contribution in [2.45, 2.75) is 31.3 Å². The number of nitrogens with one attached hydrogen (secondary N) is 2. The van der Waals surface area contributed by atoms with Crippen molar-refractivity contribution in [3.63, 3.8) is 0 Å².